The first-order valence-corrected chi connectivity index (χ1v) is 10.9. The number of benzene rings is 1. The Morgan fingerprint density at radius 1 is 1.24 bits per heavy atom. The molecule has 2 heterocycles. The number of hydrogen-bond acceptors (Lipinski definition) is 6. The van der Waals surface area contributed by atoms with Gasteiger partial charge in [0.05, 0.1) is 14.2 Å². The van der Waals surface area contributed by atoms with Crippen LogP contribution in [0.4, 0.5) is 0 Å². The molecule has 2 aromatic rings. The monoisotopic (exact) mass is 459 g/mol. The Bertz CT molecular complexity index is 1010. The minimum Gasteiger partial charge on any atom is -0.493 e. The number of rotatable bonds is 7. The number of carbonyl (C=O) groups is 2. The lowest BCUT2D eigenvalue weighted by molar-refractivity contribution is -0.134. The predicted octanol–water partition coefficient (Wildman–Crippen LogP) is 2.19. The minimum atomic E-state index is -0.833. The molecule has 3 N–H and O–H groups in total. The van der Waals surface area contributed by atoms with E-state index in [0.717, 1.165) is 38.4 Å². The van der Waals surface area contributed by atoms with Crippen LogP contribution < -0.4 is 25.7 Å². The first kappa shape index (κ1) is 25.9. The number of aromatic nitrogens is 1. The van der Waals surface area contributed by atoms with Gasteiger partial charge >= 0.3 is 0 Å². The molecule has 1 aromatic carbocycles. The Kier molecular flexibility index (Phi) is 9.93. The van der Waals surface area contributed by atoms with Crippen LogP contribution >= 0.6 is 0 Å². The molecule has 9 heteroatoms. The van der Waals surface area contributed by atoms with Crippen molar-refractivity contribution in [1.29, 1.82) is 0 Å². The Labute approximate surface area is 193 Å². The van der Waals surface area contributed by atoms with Gasteiger partial charge in [-0.1, -0.05) is 12.1 Å². The first-order chi connectivity index (χ1) is 15.8. The van der Waals surface area contributed by atoms with Crippen LogP contribution in [0.3, 0.4) is 0 Å². The number of amides is 1. The molecule has 1 unspecified atom stereocenters. The van der Waals surface area contributed by atoms with Crippen LogP contribution in [0, 0.1) is 12.8 Å². The maximum Gasteiger partial charge on any atom is 0.300 e. The fourth-order valence-corrected chi connectivity index (χ4v) is 3.80. The van der Waals surface area contributed by atoms with E-state index in [-0.39, 0.29) is 23.6 Å². The van der Waals surface area contributed by atoms with Gasteiger partial charge in [0.2, 0.25) is 0 Å². The van der Waals surface area contributed by atoms with Gasteiger partial charge in [-0.15, -0.1) is 0 Å². The van der Waals surface area contributed by atoms with Gasteiger partial charge in [0.25, 0.3) is 17.4 Å². The summed E-state index contributed by atoms with van der Waals surface area (Å²) in [6, 6.07) is 7.32. The number of carbonyl (C=O) groups excluding carboxylic acids is 1. The minimum absolute atomic E-state index is 0.193. The molecule has 33 heavy (non-hydrogen) atoms. The Balaban J connectivity index is 0.000000890. The quantitative estimate of drug-likeness (QED) is 0.581. The normalized spacial score (nSPS) is 15.1. The molecule has 0 aliphatic carbocycles. The van der Waals surface area contributed by atoms with E-state index in [1.165, 1.54) is 0 Å². The number of hydrogen-bond donors (Lipinski definition) is 3. The highest BCUT2D eigenvalue weighted by atomic mass is 16.5. The van der Waals surface area contributed by atoms with Crippen molar-refractivity contribution in [1.82, 2.24) is 15.2 Å². The topological polar surface area (TPSA) is 119 Å². The first-order valence-electron chi connectivity index (χ1n) is 10.9. The highest BCUT2D eigenvalue weighted by molar-refractivity contribution is 5.95. The van der Waals surface area contributed by atoms with Gasteiger partial charge in [0, 0.05) is 31.8 Å². The fraction of sp³-hybridized carbons (Fsp3) is 0.458. The highest BCUT2D eigenvalue weighted by Gasteiger charge is 2.19. The number of ether oxygens (including phenoxy) is 2. The molecule has 9 nitrogen and oxygen atoms in total. The van der Waals surface area contributed by atoms with E-state index < -0.39 is 5.97 Å². The number of nitrogens with zero attached hydrogens (tertiary/aromatic N) is 1. The third-order valence-electron chi connectivity index (χ3n) is 5.38. The zero-order valence-corrected chi connectivity index (χ0v) is 19.6. The van der Waals surface area contributed by atoms with E-state index in [1.807, 2.05) is 18.2 Å². The molecule has 0 saturated carbocycles. The summed E-state index contributed by atoms with van der Waals surface area (Å²) in [5.41, 5.74) is 1.40. The second-order valence-electron chi connectivity index (χ2n) is 7.90. The second kappa shape index (κ2) is 12.6. The Morgan fingerprint density at radius 2 is 1.97 bits per heavy atom. The lowest BCUT2D eigenvalue weighted by atomic mass is 9.99. The molecular formula is C24H33N3O6. The number of methoxy groups -OCH3 is 2. The molecule has 1 aliphatic heterocycles. The molecule has 1 fully saturated rings. The summed E-state index contributed by atoms with van der Waals surface area (Å²) in [5, 5.41) is 13.6. The molecule has 3 rings (SSSR count). The maximum absolute atomic E-state index is 13.0. The molecular weight excluding hydrogens is 426 g/mol. The number of pyridine rings is 1. The molecule has 1 atom stereocenters. The predicted molar refractivity (Wildman–Crippen MR) is 125 cm³/mol. The molecule has 1 aromatic heterocycles. The number of para-hydroxylation sites is 1. The molecule has 0 radical (unpaired) electrons. The van der Waals surface area contributed by atoms with Crippen LogP contribution in [-0.4, -0.2) is 48.9 Å². The Morgan fingerprint density at radius 3 is 2.58 bits per heavy atom. The van der Waals surface area contributed by atoms with Gasteiger partial charge in [0.1, 0.15) is 5.56 Å². The zero-order chi connectivity index (χ0) is 24.4. The largest absolute Gasteiger partial charge is 0.493 e. The van der Waals surface area contributed by atoms with Crippen molar-refractivity contribution in [2.24, 2.45) is 5.92 Å². The van der Waals surface area contributed by atoms with Gasteiger partial charge in [-0.3, -0.25) is 14.4 Å². The van der Waals surface area contributed by atoms with Gasteiger partial charge in [-0.25, -0.2) is 0 Å². The van der Waals surface area contributed by atoms with E-state index in [1.54, 1.807) is 38.0 Å². The molecule has 0 spiro atoms. The molecule has 1 amide bonds. The van der Waals surface area contributed by atoms with Crippen LogP contribution in [0.2, 0.25) is 0 Å². The Hall–Kier alpha value is -3.33. The molecule has 1 aliphatic rings. The lowest BCUT2D eigenvalue weighted by Crippen LogP contribution is -2.37. The third-order valence-corrected chi connectivity index (χ3v) is 5.38. The van der Waals surface area contributed by atoms with Crippen molar-refractivity contribution in [3.63, 3.8) is 0 Å². The van der Waals surface area contributed by atoms with Gasteiger partial charge < -0.3 is 29.8 Å². The van der Waals surface area contributed by atoms with E-state index in [9.17, 15) is 9.59 Å². The summed E-state index contributed by atoms with van der Waals surface area (Å²) >= 11 is 0. The number of aliphatic carboxylic acids is 1. The number of carboxylic acids is 1. The summed E-state index contributed by atoms with van der Waals surface area (Å²) in [6.07, 6.45) is 3.99. The van der Waals surface area contributed by atoms with Crippen LogP contribution in [-0.2, 0) is 17.9 Å². The lowest BCUT2D eigenvalue weighted by Gasteiger charge is -2.23. The summed E-state index contributed by atoms with van der Waals surface area (Å²) in [6.45, 7) is 5.66. The third kappa shape index (κ3) is 7.35. The van der Waals surface area contributed by atoms with Gasteiger partial charge in [0.15, 0.2) is 11.5 Å². The number of carboxylic acid groups (broad SMARTS) is 1. The van der Waals surface area contributed by atoms with Crippen molar-refractivity contribution < 1.29 is 24.2 Å². The van der Waals surface area contributed by atoms with Crippen LogP contribution in [0.1, 0.15) is 41.3 Å². The van der Waals surface area contributed by atoms with Crippen LogP contribution in [0.5, 0.6) is 11.5 Å². The van der Waals surface area contributed by atoms with E-state index in [2.05, 4.69) is 10.6 Å². The summed E-state index contributed by atoms with van der Waals surface area (Å²) in [5.74, 6) is 0.357. The summed E-state index contributed by atoms with van der Waals surface area (Å²) in [4.78, 5) is 34.8. The van der Waals surface area contributed by atoms with Crippen molar-refractivity contribution in [3.05, 3.63) is 57.5 Å². The second-order valence-corrected chi connectivity index (χ2v) is 7.90. The van der Waals surface area contributed by atoms with Gasteiger partial charge in [-0.2, -0.15) is 0 Å². The van der Waals surface area contributed by atoms with E-state index >= 15 is 0 Å². The number of aryl methyl sites for hydroxylation is 1. The summed E-state index contributed by atoms with van der Waals surface area (Å²) < 4.78 is 12.4. The van der Waals surface area contributed by atoms with Crippen LogP contribution in [0.25, 0.3) is 0 Å². The molecule has 180 valence electrons. The van der Waals surface area contributed by atoms with Crippen molar-refractivity contribution >= 4 is 11.9 Å². The summed E-state index contributed by atoms with van der Waals surface area (Å²) in [7, 11) is 3.13. The number of nitrogens with one attached hydrogen (secondary N) is 2. The molecule has 1 saturated heterocycles. The van der Waals surface area contributed by atoms with E-state index in [4.69, 9.17) is 19.4 Å². The van der Waals surface area contributed by atoms with E-state index in [0.29, 0.717) is 29.5 Å². The smallest absolute Gasteiger partial charge is 0.300 e. The standard InChI is InChI=1S/C22H29N3O4.C2H4O2/c1-15-9-11-25(14-16-6-5-10-23-12-16)22(27)19(15)21(26)24-13-17-7-4-8-18(28-2)20(17)29-3;1-2(3)4/h4,7-9,11,16,23H,5-6,10,12-14H2,1-3H3,(H,24,26);1H3,(H,3,4). The zero-order valence-electron chi connectivity index (χ0n) is 19.6. The average Bonchev–Trinajstić information content (AvgIpc) is 2.79. The van der Waals surface area contributed by atoms with Crippen molar-refractivity contribution in [2.75, 3.05) is 27.3 Å². The average molecular weight is 460 g/mol. The van der Waals surface area contributed by atoms with Crippen LogP contribution in [0.15, 0.2) is 35.3 Å². The SMILES string of the molecule is CC(=O)O.COc1cccc(CNC(=O)c2c(C)ccn(CC3CCCNC3)c2=O)c1OC. The van der Waals surface area contributed by atoms with Crippen molar-refractivity contribution in [3.8, 4) is 11.5 Å². The molecule has 0 bridgehead atoms. The van der Waals surface area contributed by atoms with Crippen molar-refractivity contribution in [2.45, 2.75) is 39.8 Å². The van der Waals surface area contributed by atoms with Gasteiger partial charge in [-0.05, 0) is 56.5 Å². The number of piperidine rings is 1. The maximum atomic E-state index is 13.0. The highest BCUT2D eigenvalue weighted by Crippen LogP contribution is 2.30. The fourth-order valence-electron chi connectivity index (χ4n) is 3.80.